The lowest BCUT2D eigenvalue weighted by Crippen LogP contribution is -2.10. The molecule has 0 saturated heterocycles. The van der Waals surface area contributed by atoms with Crippen molar-refractivity contribution in [3.05, 3.63) is 23.5 Å². The van der Waals surface area contributed by atoms with Gasteiger partial charge in [-0.3, -0.25) is 4.79 Å². The number of aromatic carboxylic acids is 1. The fraction of sp³-hybridized carbons (Fsp3) is 0. The summed E-state index contributed by atoms with van der Waals surface area (Å²) in [6, 6.07) is 1.19. The van der Waals surface area contributed by atoms with Crippen molar-refractivity contribution in [3.8, 4) is 0 Å². The summed E-state index contributed by atoms with van der Waals surface area (Å²) in [5.74, 6) is -1.76. The molecule has 0 aliphatic rings. The van der Waals surface area contributed by atoms with Gasteiger partial charge in [-0.25, -0.2) is 4.79 Å². The minimum atomic E-state index is -1.09. The number of rotatable bonds is 2. The second-order valence-corrected chi connectivity index (χ2v) is 1.97. The van der Waals surface area contributed by atoms with Crippen LogP contribution in [-0.2, 0) is 0 Å². The van der Waals surface area contributed by atoms with Crippen molar-refractivity contribution in [3.63, 3.8) is 0 Å². The van der Waals surface area contributed by atoms with Gasteiger partial charge in [0, 0.05) is 6.20 Å². The highest BCUT2D eigenvalue weighted by Crippen LogP contribution is 2.01. The fourth-order valence-corrected chi connectivity index (χ4v) is 0.660. The van der Waals surface area contributed by atoms with Gasteiger partial charge in [-0.15, -0.1) is 0 Å². The molecule has 5 nitrogen and oxygen atoms in total. The summed E-state index contributed by atoms with van der Waals surface area (Å²) >= 11 is 0. The average molecular weight is 154 g/mol. The molecule has 0 spiro atoms. The van der Waals surface area contributed by atoms with Gasteiger partial charge in [0.15, 0.2) is 0 Å². The van der Waals surface area contributed by atoms with Crippen LogP contribution in [-0.4, -0.2) is 22.0 Å². The summed E-state index contributed by atoms with van der Waals surface area (Å²) in [6.45, 7) is 0. The molecular formula is C6H6N2O3. The number of carbonyl (C=O) groups excluding carboxylic acids is 1. The van der Waals surface area contributed by atoms with Gasteiger partial charge in [0.1, 0.15) is 5.69 Å². The van der Waals surface area contributed by atoms with Gasteiger partial charge in [-0.1, -0.05) is 0 Å². The standard InChI is InChI=1S/C6H6N2O3/c7-5(9)4-1-3(2-8-4)6(10)11/h1-2,8H,(H2,7,9)(H,10,11). The first kappa shape index (κ1) is 7.33. The van der Waals surface area contributed by atoms with Crippen LogP contribution in [0.15, 0.2) is 12.3 Å². The van der Waals surface area contributed by atoms with Crippen LogP contribution in [0.2, 0.25) is 0 Å². The zero-order valence-electron chi connectivity index (χ0n) is 5.50. The van der Waals surface area contributed by atoms with Gasteiger partial charge >= 0.3 is 5.97 Å². The van der Waals surface area contributed by atoms with Crippen molar-refractivity contribution in [1.29, 1.82) is 0 Å². The highest BCUT2D eigenvalue weighted by molar-refractivity contribution is 5.95. The molecule has 0 atom stereocenters. The predicted octanol–water partition coefficient (Wildman–Crippen LogP) is -0.188. The van der Waals surface area contributed by atoms with E-state index in [0.29, 0.717) is 0 Å². The van der Waals surface area contributed by atoms with Crippen LogP contribution in [0.5, 0.6) is 0 Å². The second-order valence-electron chi connectivity index (χ2n) is 1.97. The predicted molar refractivity (Wildman–Crippen MR) is 36.3 cm³/mol. The lowest BCUT2D eigenvalue weighted by molar-refractivity contribution is 0.0697. The summed E-state index contributed by atoms with van der Waals surface area (Å²) in [5.41, 5.74) is 4.99. The smallest absolute Gasteiger partial charge is 0.337 e. The Morgan fingerprint density at radius 3 is 2.45 bits per heavy atom. The molecular weight excluding hydrogens is 148 g/mol. The molecule has 0 aromatic carbocycles. The average Bonchev–Trinajstić information content (AvgIpc) is 2.33. The number of amides is 1. The van der Waals surface area contributed by atoms with E-state index in [9.17, 15) is 9.59 Å². The van der Waals surface area contributed by atoms with Gasteiger partial charge in [-0.05, 0) is 6.07 Å². The summed E-state index contributed by atoms with van der Waals surface area (Å²) in [4.78, 5) is 23.1. The Morgan fingerprint density at radius 1 is 1.55 bits per heavy atom. The van der Waals surface area contributed by atoms with Gasteiger partial charge in [-0.2, -0.15) is 0 Å². The van der Waals surface area contributed by atoms with Gasteiger partial charge < -0.3 is 15.8 Å². The Kier molecular flexibility index (Phi) is 1.63. The number of aromatic nitrogens is 1. The molecule has 5 heteroatoms. The molecule has 0 fully saturated rings. The Bertz CT molecular complexity index is 274. The Morgan fingerprint density at radius 2 is 2.18 bits per heavy atom. The van der Waals surface area contributed by atoms with Crippen LogP contribution in [0, 0.1) is 0 Å². The second kappa shape index (κ2) is 2.45. The van der Waals surface area contributed by atoms with E-state index in [1.54, 1.807) is 0 Å². The quantitative estimate of drug-likeness (QED) is 0.550. The van der Waals surface area contributed by atoms with E-state index in [2.05, 4.69) is 4.98 Å². The summed E-state index contributed by atoms with van der Waals surface area (Å²) in [6.07, 6.45) is 1.21. The number of aromatic amines is 1. The van der Waals surface area contributed by atoms with Crippen LogP contribution < -0.4 is 5.73 Å². The maximum absolute atomic E-state index is 10.4. The van der Waals surface area contributed by atoms with Crippen LogP contribution >= 0.6 is 0 Å². The Balaban J connectivity index is 2.99. The highest BCUT2D eigenvalue weighted by Gasteiger charge is 2.08. The van der Waals surface area contributed by atoms with Crippen molar-refractivity contribution in [2.75, 3.05) is 0 Å². The number of hydrogen-bond acceptors (Lipinski definition) is 2. The van der Waals surface area contributed by atoms with E-state index in [0.717, 1.165) is 0 Å². The summed E-state index contributed by atoms with van der Waals surface area (Å²) in [7, 11) is 0. The van der Waals surface area contributed by atoms with Gasteiger partial charge in [0.05, 0.1) is 5.56 Å². The Labute approximate surface area is 61.8 Å². The zero-order chi connectivity index (χ0) is 8.43. The number of hydrogen-bond donors (Lipinski definition) is 3. The van der Waals surface area contributed by atoms with Crippen LogP contribution in [0.1, 0.15) is 20.8 Å². The molecule has 4 N–H and O–H groups in total. The number of primary amides is 1. The monoisotopic (exact) mass is 154 g/mol. The summed E-state index contributed by atoms with van der Waals surface area (Å²) in [5, 5.41) is 8.41. The van der Waals surface area contributed by atoms with Crippen molar-refractivity contribution in [1.82, 2.24) is 4.98 Å². The minimum absolute atomic E-state index is 0.0267. The maximum Gasteiger partial charge on any atom is 0.337 e. The van der Waals surface area contributed by atoms with E-state index in [1.807, 2.05) is 0 Å². The fourth-order valence-electron chi connectivity index (χ4n) is 0.660. The SMILES string of the molecule is NC(=O)c1cc(C(=O)O)c[nH]1. The van der Waals surface area contributed by atoms with Crippen LogP contribution in [0.3, 0.4) is 0 Å². The van der Waals surface area contributed by atoms with Crippen molar-refractivity contribution in [2.24, 2.45) is 5.73 Å². The normalized spacial score (nSPS) is 9.45. The molecule has 1 rings (SSSR count). The zero-order valence-corrected chi connectivity index (χ0v) is 5.50. The molecule has 58 valence electrons. The molecule has 1 aromatic rings. The topological polar surface area (TPSA) is 96.2 Å². The first-order valence-corrected chi connectivity index (χ1v) is 2.83. The Hall–Kier alpha value is -1.78. The number of nitrogens with one attached hydrogen (secondary N) is 1. The van der Waals surface area contributed by atoms with Gasteiger partial charge in [0.25, 0.3) is 5.91 Å². The molecule has 1 amide bonds. The number of H-pyrrole nitrogens is 1. The third-order valence-electron chi connectivity index (χ3n) is 1.20. The largest absolute Gasteiger partial charge is 0.478 e. The molecule has 0 saturated carbocycles. The molecule has 0 bridgehead atoms. The number of carboxylic acids is 1. The van der Waals surface area contributed by atoms with Crippen LogP contribution in [0.25, 0.3) is 0 Å². The third-order valence-corrected chi connectivity index (χ3v) is 1.20. The van der Waals surface area contributed by atoms with E-state index in [-0.39, 0.29) is 11.3 Å². The lowest BCUT2D eigenvalue weighted by Gasteiger charge is -1.83. The lowest BCUT2D eigenvalue weighted by atomic mass is 10.3. The van der Waals surface area contributed by atoms with E-state index in [4.69, 9.17) is 10.8 Å². The summed E-state index contributed by atoms with van der Waals surface area (Å²) < 4.78 is 0. The van der Waals surface area contributed by atoms with E-state index in [1.165, 1.54) is 12.3 Å². The molecule has 11 heavy (non-hydrogen) atoms. The van der Waals surface area contributed by atoms with Crippen molar-refractivity contribution >= 4 is 11.9 Å². The number of carbonyl (C=O) groups is 2. The minimum Gasteiger partial charge on any atom is -0.478 e. The number of nitrogens with two attached hydrogens (primary N) is 1. The van der Waals surface area contributed by atoms with Crippen molar-refractivity contribution < 1.29 is 14.7 Å². The maximum atomic E-state index is 10.4. The van der Waals surface area contributed by atoms with E-state index < -0.39 is 11.9 Å². The molecule has 1 aromatic heterocycles. The first-order valence-electron chi connectivity index (χ1n) is 2.83. The third kappa shape index (κ3) is 1.37. The first-order chi connectivity index (χ1) is 5.11. The van der Waals surface area contributed by atoms with Gasteiger partial charge in [0.2, 0.25) is 0 Å². The van der Waals surface area contributed by atoms with Crippen LogP contribution in [0.4, 0.5) is 0 Å². The molecule has 0 radical (unpaired) electrons. The van der Waals surface area contributed by atoms with E-state index >= 15 is 0 Å². The van der Waals surface area contributed by atoms with Crippen molar-refractivity contribution in [2.45, 2.75) is 0 Å². The molecule has 0 unspecified atom stereocenters. The molecule has 0 aliphatic heterocycles. The molecule has 0 aliphatic carbocycles. The highest BCUT2D eigenvalue weighted by atomic mass is 16.4. The molecule has 1 heterocycles. The number of carboxylic acid groups (broad SMARTS) is 1.